The molecule has 0 spiro atoms. The first kappa shape index (κ1) is 14.2. The molecule has 1 fully saturated rings. The summed E-state index contributed by atoms with van der Waals surface area (Å²) in [4.78, 5) is 0. The highest BCUT2D eigenvalue weighted by Gasteiger charge is 2.31. The second-order valence-corrected chi connectivity index (χ2v) is 7.64. The van der Waals surface area contributed by atoms with Crippen LogP contribution in [0.5, 0.6) is 0 Å². The fourth-order valence-corrected chi connectivity index (χ4v) is 5.01. The van der Waals surface area contributed by atoms with E-state index in [1.54, 1.807) is 11.8 Å². The minimum absolute atomic E-state index is 0.182. The van der Waals surface area contributed by atoms with Crippen LogP contribution in [-0.4, -0.2) is 21.5 Å². The summed E-state index contributed by atoms with van der Waals surface area (Å²) in [6.07, 6.45) is 0. The van der Waals surface area contributed by atoms with Crippen molar-refractivity contribution in [3.63, 3.8) is 0 Å². The van der Waals surface area contributed by atoms with Gasteiger partial charge in [0.15, 0.2) is 0 Å². The smallest absolute Gasteiger partial charge is 0.130 e. The number of benzene rings is 1. The van der Waals surface area contributed by atoms with Gasteiger partial charge in [0.25, 0.3) is 0 Å². The van der Waals surface area contributed by atoms with Crippen LogP contribution in [0.15, 0.2) is 18.2 Å². The Kier molecular flexibility index (Phi) is 4.56. The Labute approximate surface area is 115 Å². The molecule has 18 heavy (non-hydrogen) atoms. The lowest BCUT2D eigenvalue weighted by Crippen LogP contribution is -2.34. The molecule has 2 rings (SSSR count). The van der Waals surface area contributed by atoms with E-state index in [9.17, 15) is 8.78 Å². The van der Waals surface area contributed by atoms with Crippen molar-refractivity contribution in [2.45, 2.75) is 35.6 Å². The van der Waals surface area contributed by atoms with Crippen molar-refractivity contribution in [2.75, 3.05) is 5.75 Å². The van der Waals surface area contributed by atoms with Crippen LogP contribution in [0.3, 0.4) is 0 Å². The average molecular weight is 289 g/mol. The van der Waals surface area contributed by atoms with Gasteiger partial charge in [-0.2, -0.15) is 23.5 Å². The zero-order chi connectivity index (χ0) is 13.3. The number of rotatable bonds is 2. The van der Waals surface area contributed by atoms with Gasteiger partial charge in [0.1, 0.15) is 11.6 Å². The number of hydrogen-bond acceptors (Lipinski definition) is 3. The van der Waals surface area contributed by atoms with Gasteiger partial charge >= 0.3 is 0 Å². The minimum Gasteiger partial charge on any atom is -0.323 e. The highest BCUT2D eigenvalue weighted by molar-refractivity contribution is 8.07. The Morgan fingerprint density at radius 3 is 2.61 bits per heavy atom. The first-order chi connectivity index (χ1) is 8.49. The molecule has 0 bridgehead atoms. The molecule has 5 heteroatoms. The number of thioether (sulfide) groups is 2. The van der Waals surface area contributed by atoms with Crippen LogP contribution in [0.25, 0.3) is 0 Å². The molecule has 0 saturated carbocycles. The summed E-state index contributed by atoms with van der Waals surface area (Å²) in [5.41, 5.74) is 6.54. The summed E-state index contributed by atoms with van der Waals surface area (Å²) in [6.45, 7) is 4.37. The van der Waals surface area contributed by atoms with Crippen LogP contribution in [0.2, 0.25) is 0 Å². The zero-order valence-electron chi connectivity index (χ0n) is 10.4. The van der Waals surface area contributed by atoms with Crippen molar-refractivity contribution in [2.24, 2.45) is 5.73 Å². The van der Waals surface area contributed by atoms with Crippen LogP contribution in [0.1, 0.15) is 25.5 Å². The third-order valence-corrected chi connectivity index (χ3v) is 6.81. The van der Waals surface area contributed by atoms with Crippen LogP contribution in [-0.2, 0) is 0 Å². The van der Waals surface area contributed by atoms with E-state index in [0.29, 0.717) is 16.1 Å². The van der Waals surface area contributed by atoms with E-state index in [-0.39, 0.29) is 11.3 Å². The quantitative estimate of drug-likeness (QED) is 0.901. The number of hydrogen-bond donors (Lipinski definition) is 1. The molecule has 1 aliphatic heterocycles. The second kappa shape index (κ2) is 5.80. The molecule has 1 nitrogen and oxygen atoms in total. The zero-order valence-corrected chi connectivity index (χ0v) is 12.0. The van der Waals surface area contributed by atoms with Crippen LogP contribution in [0.4, 0.5) is 8.78 Å². The highest BCUT2D eigenvalue weighted by Crippen LogP contribution is 2.40. The topological polar surface area (TPSA) is 26.0 Å². The maximum Gasteiger partial charge on any atom is 0.130 e. The van der Waals surface area contributed by atoms with E-state index < -0.39 is 11.6 Å². The molecule has 4 atom stereocenters. The predicted molar refractivity (Wildman–Crippen MR) is 76.0 cm³/mol. The van der Waals surface area contributed by atoms with Gasteiger partial charge in [0.05, 0.1) is 0 Å². The molecule has 1 aromatic rings. The largest absolute Gasteiger partial charge is 0.323 e. The summed E-state index contributed by atoms with van der Waals surface area (Å²) >= 11 is 3.67. The monoisotopic (exact) mass is 289 g/mol. The maximum absolute atomic E-state index is 13.7. The second-order valence-electron chi connectivity index (χ2n) is 4.61. The summed E-state index contributed by atoms with van der Waals surface area (Å²) in [7, 11) is 0. The minimum atomic E-state index is -0.559. The van der Waals surface area contributed by atoms with E-state index in [1.165, 1.54) is 12.1 Å². The Morgan fingerprint density at radius 1 is 1.28 bits per heavy atom. The molecule has 100 valence electrons. The fourth-order valence-electron chi connectivity index (χ4n) is 1.97. The predicted octanol–water partition coefficient (Wildman–Crippen LogP) is 3.59. The molecule has 1 saturated heterocycles. The molecule has 1 aliphatic rings. The van der Waals surface area contributed by atoms with Crippen LogP contribution >= 0.6 is 23.5 Å². The SMILES string of the molecule is CC1SCC(C(N)c2ccc(F)cc2F)SC1C. The third kappa shape index (κ3) is 3.00. The number of nitrogens with two attached hydrogens (primary N) is 1. The standard InChI is InChI=1S/C13H17F2NS2/c1-7-8(2)18-12(6-17-7)13(16)10-4-3-9(14)5-11(10)15/h3-5,7-8,12-13H,6,16H2,1-2H3. The van der Waals surface area contributed by atoms with Crippen molar-refractivity contribution in [1.82, 2.24) is 0 Å². The first-order valence-corrected chi connectivity index (χ1v) is 7.95. The average Bonchev–Trinajstić information content (AvgIpc) is 2.32. The van der Waals surface area contributed by atoms with Crippen molar-refractivity contribution in [3.8, 4) is 0 Å². The number of halogens is 2. The molecule has 1 heterocycles. The molecule has 0 aliphatic carbocycles. The van der Waals surface area contributed by atoms with E-state index in [4.69, 9.17) is 5.73 Å². The lowest BCUT2D eigenvalue weighted by Gasteiger charge is -2.34. The molecule has 1 aromatic carbocycles. The third-order valence-electron chi connectivity index (χ3n) is 3.30. The molecule has 4 unspecified atom stereocenters. The Hall–Kier alpha value is -0.260. The summed E-state index contributed by atoms with van der Waals surface area (Å²) in [6, 6.07) is 3.26. The summed E-state index contributed by atoms with van der Waals surface area (Å²) in [5, 5.41) is 1.28. The maximum atomic E-state index is 13.7. The molecule has 0 radical (unpaired) electrons. The van der Waals surface area contributed by atoms with Crippen molar-refractivity contribution >= 4 is 23.5 Å². The van der Waals surface area contributed by atoms with Crippen LogP contribution in [0, 0.1) is 11.6 Å². The van der Waals surface area contributed by atoms with Gasteiger partial charge in [-0.3, -0.25) is 0 Å². The van der Waals surface area contributed by atoms with E-state index in [0.717, 1.165) is 11.8 Å². The van der Waals surface area contributed by atoms with Crippen molar-refractivity contribution < 1.29 is 8.78 Å². The van der Waals surface area contributed by atoms with Gasteiger partial charge in [-0.1, -0.05) is 19.9 Å². The first-order valence-electron chi connectivity index (χ1n) is 5.96. The van der Waals surface area contributed by atoms with E-state index in [1.807, 2.05) is 11.8 Å². The summed E-state index contributed by atoms with van der Waals surface area (Å²) in [5.74, 6) is -0.191. The molecule has 0 aromatic heterocycles. The molecular weight excluding hydrogens is 272 g/mol. The van der Waals surface area contributed by atoms with Gasteiger partial charge in [0.2, 0.25) is 0 Å². The summed E-state index contributed by atoms with van der Waals surface area (Å²) < 4.78 is 26.6. The molecular formula is C13H17F2NS2. The normalized spacial score (nSPS) is 30.2. The van der Waals surface area contributed by atoms with Gasteiger partial charge in [-0.25, -0.2) is 8.78 Å². The Morgan fingerprint density at radius 2 is 2.00 bits per heavy atom. The van der Waals surface area contributed by atoms with E-state index in [2.05, 4.69) is 13.8 Å². The highest BCUT2D eigenvalue weighted by atomic mass is 32.2. The lowest BCUT2D eigenvalue weighted by atomic mass is 10.0. The van der Waals surface area contributed by atoms with Gasteiger partial charge in [-0.15, -0.1) is 0 Å². The van der Waals surface area contributed by atoms with Crippen molar-refractivity contribution in [3.05, 3.63) is 35.4 Å². The molecule has 0 amide bonds. The Bertz CT molecular complexity index is 427. The van der Waals surface area contributed by atoms with Gasteiger partial charge < -0.3 is 5.73 Å². The fraction of sp³-hybridized carbons (Fsp3) is 0.538. The Balaban J connectivity index is 2.13. The molecule has 2 N–H and O–H groups in total. The van der Waals surface area contributed by atoms with Crippen LogP contribution < -0.4 is 5.73 Å². The van der Waals surface area contributed by atoms with Gasteiger partial charge in [-0.05, 0) is 6.07 Å². The van der Waals surface area contributed by atoms with Gasteiger partial charge in [0, 0.05) is 39.2 Å². The van der Waals surface area contributed by atoms with E-state index >= 15 is 0 Å². The lowest BCUT2D eigenvalue weighted by molar-refractivity contribution is 0.553. The van der Waals surface area contributed by atoms with Crippen molar-refractivity contribution in [1.29, 1.82) is 0 Å².